The lowest BCUT2D eigenvalue weighted by Crippen LogP contribution is -2.02. The quantitative estimate of drug-likeness (QED) is 0.554. The highest BCUT2D eigenvalue weighted by Gasteiger charge is 2.14. The van der Waals surface area contributed by atoms with Crippen LogP contribution in [0.3, 0.4) is 0 Å². The average Bonchev–Trinajstić information content (AvgIpc) is 2.60. The molecule has 0 aromatic heterocycles. The van der Waals surface area contributed by atoms with Gasteiger partial charge >= 0.3 is 0 Å². The molecule has 0 aliphatic heterocycles. The molecule has 0 heterocycles. The van der Waals surface area contributed by atoms with E-state index >= 15 is 0 Å². The molecule has 0 spiro atoms. The molecule has 0 saturated carbocycles. The van der Waals surface area contributed by atoms with Crippen LogP contribution < -0.4 is 0 Å². The second kappa shape index (κ2) is 9.61. The van der Waals surface area contributed by atoms with Crippen molar-refractivity contribution in [1.82, 2.24) is 0 Å². The van der Waals surface area contributed by atoms with Gasteiger partial charge in [0.05, 0.1) is 4.90 Å². The maximum Gasteiger partial charge on any atom is 0.295 e. The van der Waals surface area contributed by atoms with Crippen molar-refractivity contribution in [1.29, 1.82) is 0 Å². The van der Waals surface area contributed by atoms with Crippen molar-refractivity contribution >= 4 is 26.3 Å². The molecule has 6 nitrogen and oxygen atoms in total. The second-order valence-corrected chi connectivity index (χ2v) is 8.26. The molecule has 8 heteroatoms. The first kappa shape index (κ1) is 22.8. The fraction of sp³-hybridized carbons (Fsp3) is 0.158. The number of hydrogen-bond donors (Lipinski definition) is 2. The molecule has 2 rings (SSSR count). The van der Waals surface area contributed by atoms with Gasteiger partial charge in [0.1, 0.15) is 4.90 Å². The van der Waals surface area contributed by atoms with E-state index in [1.165, 1.54) is 18.2 Å². The van der Waals surface area contributed by atoms with Crippen molar-refractivity contribution in [2.24, 2.45) is 0 Å². The summed E-state index contributed by atoms with van der Waals surface area (Å²) in [7, 11) is -8.25. The van der Waals surface area contributed by atoms with Gasteiger partial charge in [0.15, 0.2) is 0 Å². The zero-order chi connectivity index (χ0) is 20.7. The van der Waals surface area contributed by atoms with Crippen LogP contribution in [0.2, 0.25) is 0 Å². The molecule has 0 radical (unpaired) electrons. The fourth-order valence-electron chi connectivity index (χ4n) is 2.29. The van der Waals surface area contributed by atoms with Crippen LogP contribution in [0.15, 0.2) is 71.5 Å². The smallest absolute Gasteiger partial charge is 0.282 e. The van der Waals surface area contributed by atoms with Crippen LogP contribution >= 0.6 is 0 Å². The minimum absolute atomic E-state index is 0.0464. The first-order valence-corrected chi connectivity index (χ1v) is 10.8. The van der Waals surface area contributed by atoms with Crippen LogP contribution in [-0.4, -0.2) is 25.9 Å². The van der Waals surface area contributed by atoms with Crippen molar-refractivity contribution in [3.05, 3.63) is 78.4 Å². The highest BCUT2D eigenvalue weighted by Crippen LogP contribution is 2.18. The monoisotopic (exact) mass is 410 g/mol. The van der Waals surface area contributed by atoms with Crippen molar-refractivity contribution in [3.63, 3.8) is 0 Å². The third-order valence-electron chi connectivity index (χ3n) is 3.60. The maximum atomic E-state index is 10.9. The molecule has 0 unspecified atom stereocenters. The summed E-state index contributed by atoms with van der Waals surface area (Å²) in [5, 5.41) is 0. The molecular formula is C19H22O6S2. The summed E-state index contributed by atoms with van der Waals surface area (Å²) in [6.07, 6.45) is 4.24. The highest BCUT2D eigenvalue weighted by molar-refractivity contribution is 7.86. The number of aryl methyl sites for hydroxylation is 1. The SMILES string of the molecule is C=CCc1ccccc1S(=O)(=O)O.C=Cc1cc(CC)ccc1S(=O)(=O)O. The van der Waals surface area contributed by atoms with Crippen LogP contribution in [0.4, 0.5) is 0 Å². The Morgan fingerprint density at radius 1 is 0.926 bits per heavy atom. The van der Waals surface area contributed by atoms with E-state index in [0.29, 0.717) is 17.5 Å². The van der Waals surface area contributed by atoms with Crippen LogP contribution in [0.1, 0.15) is 23.6 Å². The van der Waals surface area contributed by atoms with E-state index < -0.39 is 20.2 Å². The summed E-state index contributed by atoms with van der Waals surface area (Å²) in [6, 6.07) is 11.1. The van der Waals surface area contributed by atoms with Crippen molar-refractivity contribution < 1.29 is 25.9 Å². The van der Waals surface area contributed by atoms with Crippen LogP contribution in [0.25, 0.3) is 6.08 Å². The number of allylic oxidation sites excluding steroid dienone is 1. The predicted octanol–water partition coefficient (Wildman–Crippen LogP) is 3.80. The fourth-order valence-corrected chi connectivity index (χ4v) is 3.71. The first-order valence-electron chi connectivity index (χ1n) is 7.93. The lowest BCUT2D eigenvalue weighted by atomic mass is 10.1. The topological polar surface area (TPSA) is 109 Å². The van der Waals surface area contributed by atoms with E-state index in [0.717, 1.165) is 12.0 Å². The number of hydrogen-bond acceptors (Lipinski definition) is 4. The molecule has 2 aromatic carbocycles. The van der Waals surface area contributed by atoms with Gasteiger partial charge in [0.25, 0.3) is 20.2 Å². The van der Waals surface area contributed by atoms with Crippen LogP contribution in [-0.2, 0) is 33.1 Å². The van der Waals surface area contributed by atoms with Gasteiger partial charge in [-0.05, 0) is 41.7 Å². The Balaban J connectivity index is 0.000000271. The number of rotatable bonds is 6. The molecular weight excluding hydrogens is 388 g/mol. The van der Waals surface area contributed by atoms with E-state index in [1.807, 2.05) is 6.92 Å². The Hall–Kier alpha value is -2.26. The van der Waals surface area contributed by atoms with E-state index in [-0.39, 0.29) is 9.79 Å². The number of benzene rings is 2. The minimum atomic E-state index is -4.14. The van der Waals surface area contributed by atoms with Gasteiger partial charge in [-0.3, -0.25) is 9.11 Å². The summed E-state index contributed by atoms with van der Waals surface area (Å²) in [5.41, 5.74) is 2.00. The lowest BCUT2D eigenvalue weighted by Gasteiger charge is -2.04. The van der Waals surface area contributed by atoms with Crippen molar-refractivity contribution in [3.8, 4) is 0 Å². The van der Waals surface area contributed by atoms with Crippen LogP contribution in [0.5, 0.6) is 0 Å². The van der Waals surface area contributed by atoms with E-state index in [4.69, 9.17) is 9.11 Å². The zero-order valence-corrected chi connectivity index (χ0v) is 16.5. The van der Waals surface area contributed by atoms with Gasteiger partial charge in [0.2, 0.25) is 0 Å². The molecule has 146 valence electrons. The summed E-state index contributed by atoms with van der Waals surface area (Å²) in [4.78, 5) is -0.139. The van der Waals surface area contributed by atoms with Gasteiger partial charge in [-0.1, -0.05) is 56.0 Å². The van der Waals surface area contributed by atoms with Gasteiger partial charge in [0, 0.05) is 0 Å². The Morgan fingerprint density at radius 2 is 1.52 bits per heavy atom. The minimum Gasteiger partial charge on any atom is -0.282 e. The molecule has 0 bridgehead atoms. The third-order valence-corrected chi connectivity index (χ3v) is 5.48. The molecule has 0 saturated heterocycles. The molecule has 27 heavy (non-hydrogen) atoms. The molecule has 2 N–H and O–H groups in total. The zero-order valence-electron chi connectivity index (χ0n) is 14.9. The van der Waals surface area contributed by atoms with Gasteiger partial charge < -0.3 is 0 Å². The van der Waals surface area contributed by atoms with E-state index in [2.05, 4.69) is 13.2 Å². The third kappa shape index (κ3) is 6.76. The van der Waals surface area contributed by atoms with Crippen molar-refractivity contribution in [2.75, 3.05) is 0 Å². The van der Waals surface area contributed by atoms with Crippen LogP contribution in [0, 0.1) is 0 Å². The Bertz CT molecular complexity index is 1020. The molecule has 0 aliphatic carbocycles. The second-order valence-electron chi connectivity index (χ2n) is 5.48. The first-order chi connectivity index (χ1) is 12.5. The summed E-state index contributed by atoms with van der Waals surface area (Å²) >= 11 is 0. The lowest BCUT2D eigenvalue weighted by molar-refractivity contribution is 0.480. The van der Waals surface area contributed by atoms with Gasteiger partial charge in [-0.2, -0.15) is 16.8 Å². The Labute approximate surface area is 160 Å². The molecule has 0 atom stereocenters. The van der Waals surface area contributed by atoms with Gasteiger partial charge in [-0.25, -0.2) is 0 Å². The van der Waals surface area contributed by atoms with E-state index in [1.54, 1.807) is 36.4 Å². The standard InChI is InChI=1S/C10H12O3S.C9H10O3S/c1-3-8-5-6-10(14(11,12)13)9(4-2)7-8;1-2-5-8-6-3-4-7-9(8)13(10,11)12/h4-7H,2-3H2,1H3,(H,11,12,13);2-4,6-7H,1,5H2,(H,10,11,12). The van der Waals surface area contributed by atoms with E-state index in [9.17, 15) is 16.8 Å². The normalized spacial score (nSPS) is 11.2. The Kier molecular flexibility index (Phi) is 8.11. The summed E-state index contributed by atoms with van der Waals surface area (Å²) < 4.78 is 61.3. The molecule has 0 amide bonds. The summed E-state index contributed by atoms with van der Waals surface area (Å²) in [6.45, 7) is 8.98. The largest absolute Gasteiger partial charge is 0.295 e. The predicted molar refractivity (Wildman–Crippen MR) is 106 cm³/mol. The van der Waals surface area contributed by atoms with Gasteiger partial charge in [-0.15, -0.1) is 6.58 Å². The Morgan fingerprint density at radius 3 is 2.00 bits per heavy atom. The molecule has 2 aromatic rings. The van der Waals surface area contributed by atoms with Crippen molar-refractivity contribution in [2.45, 2.75) is 29.6 Å². The summed E-state index contributed by atoms with van der Waals surface area (Å²) in [5.74, 6) is 0. The molecule has 0 aliphatic rings. The average molecular weight is 411 g/mol. The molecule has 0 fully saturated rings. The highest BCUT2D eigenvalue weighted by atomic mass is 32.2. The maximum absolute atomic E-state index is 10.9.